The molecule has 0 atom stereocenters. The number of nitrogens with zero attached hydrogens (tertiary/aromatic N) is 4. The average Bonchev–Trinajstić information content (AvgIpc) is 2.29. The maximum atomic E-state index is 8.52. The topological polar surface area (TPSA) is 154 Å². The second kappa shape index (κ2) is 8.68. The molecule has 2 N–H and O–H groups in total. The third-order valence-electron chi connectivity index (χ3n) is 1.19. The average molecular weight is 290 g/mol. The van der Waals surface area contributed by atoms with Crippen LogP contribution in [-0.4, -0.2) is 37.9 Å². The lowest BCUT2D eigenvalue weighted by Gasteiger charge is -2.06. The van der Waals surface area contributed by atoms with Gasteiger partial charge >= 0.3 is 12.7 Å². The van der Waals surface area contributed by atoms with Gasteiger partial charge in [-0.05, 0) is 0 Å². The van der Waals surface area contributed by atoms with E-state index in [1.54, 1.807) is 24.5 Å². The van der Waals surface area contributed by atoms with Crippen LogP contribution in [0, 0.1) is 0 Å². The lowest BCUT2D eigenvalue weighted by molar-refractivity contribution is -0.906. The van der Waals surface area contributed by atoms with Crippen LogP contribution in [0.3, 0.4) is 0 Å². The van der Waals surface area contributed by atoms with Crippen molar-refractivity contribution in [3.8, 4) is 0 Å². The Bertz CT molecular complexity index is 504. The van der Waals surface area contributed by atoms with Crippen molar-refractivity contribution >= 4 is 10.4 Å². The van der Waals surface area contributed by atoms with Crippen molar-refractivity contribution in [2.45, 2.75) is 0 Å². The van der Waals surface area contributed by atoms with Crippen LogP contribution in [0.5, 0.6) is 0 Å². The standard InChI is InChI=1S/2C4H5N2O.H2O4S/c2*7-6-3-1-2-5-4-6;1-5(2,3)4/h2*1-4,7H;(H2,1,2,3,4)/q2*+1;/p-2. The van der Waals surface area contributed by atoms with E-state index in [9.17, 15) is 0 Å². The van der Waals surface area contributed by atoms with Crippen LogP contribution >= 0.6 is 0 Å². The van der Waals surface area contributed by atoms with Crippen molar-refractivity contribution < 1.29 is 37.4 Å². The molecule has 19 heavy (non-hydrogen) atoms. The fraction of sp³-hybridized carbons (Fsp3) is 0. The van der Waals surface area contributed by atoms with E-state index in [1.165, 1.54) is 25.0 Å². The molecule has 0 aliphatic carbocycles. The van der Waals surface area contributed by atoms with Crippen molar-refractivity contribution in [1.82, 2.24) is 9.97 Å². The Morgan fingerprint density at radius 3 is 1.32 bits per heavy atom. The molecule has 2 aromatic rings. The van der Waals surface area contributed by atoms with Gasteiger partial charge in [0.2, 0.25) is 0 Å². The smallest absolute Gasteiger partial charge is 0.324 e. The Balaban J connectivity index is 0.000000261. The molecule has 0 fully saturated rings. The Morgan fingerprint density at radius 1 is 0.895 bits per heavy atom. The van der Waals surface area contributed by atoms with E-state index >= 15 is 0 Å². The highest BCUT2D eigenvalue weighted by atomic mass is 32.3. The van der Waals surface area contributed by atoms with Crippen LogP contribution in [0.4, 0.5) is 0 Å². The molecule has 0 bridgehead atoms. The van der Waals surface area contributed by atoms with Gasteiger partial charge in [-0.3, -0.25) is 8.42 Å². The molecule has 0 unspecified atom stereocenters. The summed E-state index contributed by atoms with van der Waals surface area (Å²) in [7, 11) is -5.17. The summed E-state index contributed by atoms with van der Waals surface area (Å²) in [6.07, 6.45) is 8.78. The molecule has 0 spiro atoms. The third kappa shape index (κ3) is 15.6. The van der Waals surface area contributed by atoms with E-state index < -0.39 is 10.4 Å². The number of rotatable bonds is 0. The first-order chi connectivity index (χ1) is 8.79. The van der Waals surface area contributed by atoms with E-state index in [-0.39, 0.29) is 0 Å². The summed E-state index contributed by atoms with van der Waals surface area (Å²) in [6, 6.07) is 3.28. The maximum absolute atomic E-state index is 8.52. The molecule has 10 nitrogen and oxygen atoms in total. The zero-order valence-electron chi connectivity index (χ0n) is 9.34. The summed E-state index contributed by atoms with van der Waals surface area (Å²) in [5, 5.41) is 17.0. The number of aromatic nitrogens is 4. The van der Waals surface area contributed by atoms with Crippen LogP contribution in [0.25, 0.3) is 0 Å². The first-order valence-corrected chi connectivity index (χ1v) is 5.80. The molecular weight excluding hydrogens is 280 g/mol. The fourth-order valence-corrected chi connectivity index (χ4v) is 0.643. The third-order valence-corrected chi connectivity index (χ3v) is 1.19. The molecule has 0 saturated heterocycles. The fourth-order valence-electron chi connectivity index (χ4n) is 0.643. The van der Waals surface area contributed by atoms with Gasteiger partial charge in [-0.1, -0.05) is 19.4 Å². The van der Waals surface area contributed by atoms with Gasteiger partial charge in [0.05, 0.1) is 0 Å². The van der Waals surface area contributed by atoms with Crippen molar-refractivity contribution in [3.05, 3.63) is 49.6 Å². The second-order valence-electron chi connectivity index (χ2n) is 2.68. The van der Waals surface area contributed by atoms with Crippen LogP contribution in [0.2, 0.25) is 0 Å². The van der Waals surface area contributed by atoms with Gasteiger partial charge < -0.3 is 19.5 Å². The van der Waals surface area contributed by atoms with Crippen molar-refractivity contribution in [2.75, 3.05) is 0 Å². The number of hydrogen-bond donors (Lipinski definition) is 2. The Labute approximate surface area is 108 Å². The van der Waals surface area contributed by atoms with Crippen molar-refractivity contribution in [2.24, 2.45) is 0 Å². The molecule has 2 heterocycles. The Hall–Kier alpha value is -2.37. The SMILES string of the molecule is O=S(=O)([O-])[O-].O[n+]1cccnc1.O[n+]1cccnc1. The minimum Gasteiger partial charge on any atom is -0.759 e. The van der Waals surface area contributed by atoms with Gasteiger partial charge in [0.25, 0.3) is 0 Å². The molecule has 0 saturated carbocycles. The highest BCUT2D eigenvalue weighted by Crippen LogP contribution is 1.64. The Kier molecular flexibility index (Phi) is 7.60. The quantitative estimate of drug-likeness (QED) is 0.241. The lowest BCUT2D eigenvalue weighted by atomic mass is 10.7. The Morgan fingerprint density at radius 2 is 1.21 bits per heavy atom. The molecule has 11 heteroatoms. The molecular formula is C8H10N4O6S. The van der Waals surface area contributed by atoms with Crippen LogP contribution < -0.4 is 9.46 Å². The molecule has 104 valence electrons. The highest BCUT2D eigenvalue weighted by Gasteiger charge is 1.83. The lowest BCUT2D eigenvalue weighted by Crippen LogP contribution is -2.28. The largest absolute Gasteiger partial charge is 0.759 e. The van der Waals surface area contributed by atoms with Crippen LogP contribution in [0.1, 0.15) is 0 Å². The summed E-state index contributed by atoms with van der Waals surface area (Å²) in [4.78, 5) is 7.19. The predicted octanol–water partition coefficient (Wildman–Crippen LogP) is -2.13. The summed E-state index contributed by atoms with van der Waals surface area (Å²) in [5.74, 6) is 0. The summed E-state index contributed by atoms with van der Waals surface area (Å²) in [5.41, 5.74) is 0. The van der Waals surface area contributed by atoms with Gasteiger partial charge in [0.1, 0.15) is 24.8 Å². The minimum absolute atomic E-state index is 0.889. The first-order valence-electron chi connectivity index (χ1n) is 4.47. The van der Waals surface area contributed by atoms with E-state index in [2.05, 4.69) is 9.97 Å². The van der Waals surface area contributed by atoms with E-state index in [0.717, 1.165) is 9.46 Å². The van der Waals surface area contributed by atoms with E-state index in [0.29, 0.717) is 0 Å². The van der Waals surface area contributed by atoms with Gasteiger partial charge in [-0.15, -0.1) is 0 Å². The highest BCUT2D eigenvalue weighted by molar-refractivity contribution is 7.79. The van der Waals surface area contributed by atoms with E-state index in [1.807, 2.05) is 0 Å². The number of hydrogen-bond acceptors (Lipinski definition) is 8. The van der Waals surface area contributed by atoms with Gasteiger partial charge in [-0.25, -0.2) is 0 Å². The van der Waals surface area contributed by atoms with E-state index in [4.69, 9.17) is 27.9 Å². The normalized spacial score (nSPS) is 9.37. The molecule has 2 rings (SSSR count). The summed E-state index contributed by atoms with van der Waals surface area (Å²) < 4.78 is 35.9. The van der Waals surface area contributed by atoms with Crippen molar-refractivity contribution in [1.29, 1.82) is 0 Å². The summed E-state index contributed by atoms with van der Waals surface area (Å²) in [6.45, 7) is 0. The molecule has 0 aliphatic rings. The van der Waals surface area contributed by atoms with Crippen LogP contribution in [0.15, 0.2) is 49.6 Å². The van der Waals surface area contributed by atoms with Gasteiger partial charge in [-0.2, -0.15) is 0 Å². The maximum Gasteiger partial charge on any atom is 0.324 e. The molecule has 2 aromatic heterocycles. The molecule has 0 aliphatic heterocycles. The van der Waals surface area contributed by atoms with Crippen molar-refractivity contribution in [3.63, 3.8) is 0 Å². The second-order valence-corrected chi connectivity index (χ2v) is 3.50. The predicted molar refractivity (Wildman–Crippen MR) is 53.7 cm³/mol. The zero-order valence-corrected chi connectivity index (χ0v) is 10.2. The molecule has 0 amide bonds. The van der Waals surface area contributed by atoms with Crippen LogP contribution in [-0.2, 0) is 10.4 Å². The minimum atomic E-state index is -5.17. The zero-order chi connectivity index (χ0) is 14.7. The first kappa shape index (κ1) is 16.6. The monoisotopic (exact) mass is 290 g/mol. The summed E-state index contributed by atoms with van der Waals surface area (Å²) >= 11 is 0. The molecule has 0 radical (unpaired) electrons. The van der Waals surface area contributed by atoms with Gasteiger partial charge in [0.15, 0.2) is 0 Å². The molecule has 0 aromatic carbocycles. The van der Waals surface area contributed by atoms with Gasteiger partial charge in [0, 0.05) is 22.5 Å².